The van der Waals surface area contributed by atoms with E-state index in [9.17, 15) is 13.2 Å². The molecule has 1 heterocycles. The summed E-state index contributed by atoms with van der Waals surface area (Å²) in [4.78, 5) is 16.2. The van der Waals surface area contributed by atoms with E-state index in [2.05, 4.69) is 10.3 Å². The molecule has 2 aromatic rings. The van der Waals surface area contributed by atoms with Crippen LogP contribution in [0.3, 0.4) is 0 Å². The first-order chi connectivity index (χ1) is 9.87. The Balaban J connectivity index is 2.16. The maximum absolute atomic E-state index is 12.0. The molecule has 108 valence electrons. The molecule has 0 radical (unpaired) electrons. The van der Waals surface area contributed by atoms with Crippen LogP contribution < -0.4 is 9.50 Å². The summed E-state index contributed by atoms with van der Waals surface area (Å²) in [7, 11) is -3.66. The summed E-state index contributed by atoms with van der Waals surface area (Å²) in [5, 5.41) is 11.5. The van der Waals surface area contributed by atoms with Gasteiger partial charge in [0.2, 0.25) is 0 Å². The van der Waals surface area contributed by atoms with Crippen LogP contribution in [0.1, 0.15) is 15.2 Å². The number of hydrogen-bond donors (Lipinski definition) is 1. The molecular formula is C12H9N3O4S2. The van der Waals surface area contributed by atoms with Crippen molar-refractivity contribution in [2.75, 3.05) is 11.6 Å². The fraction of sp³-hybridized carbons (Fsp3) is 0.0833. The van der Waals surface area contributed by atoms with E-state index in [0.717, 1.165) is 17.6 Å². The predicted molar refractivity (Wildman–Crippen MR) is 76.7 cm³/mol. The summed E-state index contributed by atoms with van der Waals surface area (Å²) in [6.07, 6.45) is 2.27. The van der Waals surface area contributed by atoms with Gasteiger partial charge in [0, 0.05) is 5.56 Å². The average Bonchev–Trinajstić information content (AvgIpc) is 2.84. The van der Waals surface area contributed by atoms with Gasteiger partial charge in [-0.25, -0.2) is 4.98 Å². The number of thiazole rings is 1. The summed E-state index contributed by atoms with van der Waals surface area (Å²) < 4.78 is 26.8. The van der Waals surface area contributed by atoms with E-state index >= 15 is 0 Å². The van der Waals surface area contributed by atoms with Gasteiger partial charge in [-0.15, -0.1) is 0 Å². The smallest absolute Gasteiger partial charge is 0.306 e. The summed E-state index contributed by atoms with van der Waals surface area (Å²) in [6.45, 7) is 0. The Labute approximate surface area is 124 Å². The van der Waals surface area contributed by atoms with E-state index < -0.39 is 16.0 Å². The molecule has 21 heavy (non-hydrogen) atoms. The molecule has 1 amide bonds. The van der Waals surface area contributed by atoms with Gasteiger partial charge in [-0.05, 0) is 18.2 Å². The zero-order chi connectivity index (χ0) is 15.5. The molecule has 1 N–H and O–H groups in total. The first-order valence-corrected chi connectivity index (χ1v) is 8.17. The average molecular weight is 323 g/mol. The molecule has 1 aromatic carbocycles. The summed E-state index contributed by atoms with van der Waals surface area (Å²) in [6, 6.07) is 7.64. The van der Waals surface area contributed by atoms with Gasteiger partial charge in [0.05, 0.1) is 12.5 Å². The monoisotopic (exact) mass is 323 g/mol. The lowest BCUT2D eigenvalue weighted by Crippen LogP contribution is -2.12. The minimum absolute atomic E-state index is 0.0435. The highest BCUT2D eigenvalue weighted by Gasteiger charge is 2.11. The molecule has 0 bridgehead atoms. The second-order valence-corrected chi connectivity index (χ2v) is 6.52. The molecule has 1 aromatic heterocycles. The minimum Gasteiger partial charge on any atom is -0.383 e. The van der Waals surface area contributed by atoms with Crippen molar-refractivity contribution in [3.63, 3.8) is 0 Å². The van der Waals surface area contributed by atoms with Crippen LogP contribution in [0.15, 0.2) is 30.5 Å². The summed E-state index contributed by atoms with van der Waals surface area (Å²) >= 11 is 1.04. The highest BCUT2D eigenvalue weighted by atomic mass is 32.2. The molecule has 0 fully saturated rings. The second kappa shape index (κ2) is 5.90. The van der Waals surface area contributed by atoms with Crippen LogP contribution in [0.4, 0.5) is 5.13 Å². The van der Waals surface area contributed by atoms with Crippen molar-refractivity contribution in [1.29, 1.82) is 5.26 Å². The largest absolute Gasteiger partial charge is 0.383 e. The van der Waals surface area contributed by atoms with Gasteiger partial charge in [-0.3, -0.25) is 10.1 Å². The van der Waals surface area contributed by atoms with Crippen molar-refractivity contribution >= 4 is 32.5 Å². The molecule has 0 saturated carbocycles. The lowest BCUT2D eigenvalue weighted by molar-refractivity contribution is 0.102. The van der Waals surface area contributed by atoms with E-state index in [1.54, 1.807) is 0 Å². The molecule has 9 heteroatoms. The number of nitrogens with zero attached hydrogens (tertiary/aromatic N) is 2. The number of anilines is 1. The number of carbonyl (C=O) groups excluding carboxylic acids is 1. The molecule has 0 spiro atoms. The lowest BCUT2D eigenvalue weighted by atomic mass is 10.2. The maximum atomic E-state index is 12.0. The van der Waals surface area contributed by atoms with Gasteiger partial charge in [0.1, 0.15) is 16.7 Å². The Bertz CT molecular complexity index is 821. The Morgan fingerprint density at radius 2 is 2.24 bits per heavy atom. The molecular weight excluding hydrogens is 314 g/mol. The zero-order valence-corrected chi connectivity index (χ0v) is 12.4. The van der Waals surface area contributed by atoms with Gasteiger partial charge in [0.25, 0.3) is 5.91 Å². The van der Waals surface area contributed by atoms with Crippen LogP contribution in [-0.2, 0) is 10.1 Å². The van der Waals surface area contributed by atoms with E-state index in [1.807, 2.05) is 6.07 Å². The fourth-order valence-corrected chi connectivity index (χ4v) is 2.48. The number of aromatic nitrogens is 1. The van der Waals surface area contributed by atoms with Crippen molar-refractivity contribution in [2.24, 2.45) is 0 Å². The number of nitriles is 1. The van der Waals surface area contributed by atoms with Gasteiger partial charge in [-0.2, -0.15) is 13.7 Å². The Morgan fingerprint density at radius 1 is 1.48 bits per heavy atom. The van der Waals surface area contributed by atoms with Gasteiger partial charge in [0.15, 0.2) is 5.13 Å². The summed E-state index contributed by atoms with van der Waals surface area (Å²) in [5.41, 5.74) is 0.213. The number of nitrogens with one attached hydrogen (secondary N) is 1. The Kier molecular flexibility index (Phi) is 4.21. The van der Waals surface area contributed by atoms with E-state index in [0.29, 0.717) is 4.88 Å². The number of amides is 1. The minimum atomic E-state index is -3.66. The number of benzene rings is 1. The fourth-order valence-electron chi connectivity index (χ4n) is 1.42. The van der Waals surface area contributed by atoms with Crippen molar-refractivity contribution in [1.82, 2.24) is 4.98 Å². The number of carbonyl (C=O) groups is 1. The van der Waals surface area contributed by atoms with Crippen LogP contribution in [0, 0.1) is 11.3 Å². The molecule has 0 aliphatic rings. The van der Waals surface area contributed by atoms with E-state index in [1.165, 1.54) is 30.5 Å². The first-order valence-electron chi connectivity index (χ1n) is 5.54. The van der Waals surface area contributed by atoms with E-state index in [-0.39, 0.29) is 16.4 Å². The maximum Gasteiger partial charge on any atom is 0.306 e. The highest BCUT2D eigenvalue weighted by Crippen LogP contribution is 2.19. The molecule has 7 nitrogen and oxygen atoms in total. The third-order valence-corrected chi connectivity index (χ3v) is 3.49. The molecule has 0 atom stereocenters. The SMILES string of the molecule is CS(=O)(=O)Oc1cccc(C(=O)Nc2ncc(C#N)s2)c1. The quantitative estimate of drug-likeness (QED) is 0.856. The topological polar surface area (TPSA) is 109 Å². The van der Waals surface area contributed by atoms with Crippen LogP contribution in [-0.4, -0.2) is 25.6 Å². The molecule has 0 aliphatic heterocycles. The van der Waals surface area contributed by atoms with Crippen molar-refractivity contribution in [2.45, 2.75) is 0 Å². The van der Waals surface area contributed by atoms with Gasteiger partial charge in [-0.1, -0.05) is 17.4 Å². The van der Waals surface area contributed by atoms with Crippen molar-refractivity contribution < 1.29 is 17.4 Å². The standard InChI is InChI=1S/C12H9N3O4S2/c1-21(17,18)19-9-4-2-3-8(5-9)11(16)15-12-14-7-10(6-13)20-12/h2-5,7H,1H3,(H,14,15,16). The van der Waals surface area contributed by atoms with Gasteiger partial charge < -0.3 is 4.18 Å². The third kappa shape index (κ3) is 4.27. The Hall–Kier alpha value is -2.44. The van der Waals surface area contributed by atoms with Gasteiger partial charge >= 0.3 is 10.1 Å². The van der Waals surface area contributed by atoms with Crippen LogP contribution in [0.2, 0.25) is 0 Å². The van der Waals surface area contributed by atoms with E-state index in [4.69, 9.17) is 9.44 Å². The first kappa shape index (κ1) is 15.0. The summed E-state index contributed by atoms with van der Waals surface area (Å²) in [5.74, 6) is -0.435. The number of hydrogen-bond acceptors (Lipinski definition) is 7. The molecule has 2 rings (SSSR count). The normalized spacial score (nSPS) is 10.7. The Morgan fingerprint density at radius 3 is 2.86 bits per heavy atom. The zero-order valence-electron chi connectivity index (χ0n) is 10.7. The second-order valence-electron chi connectivity index (χ2n) is 3.91. The molecule has 0 aliphatic carbocycles. The number of rotatable bonds is 4. The lowest BCUT2D eigenvalue weighted by Gasteiger charge is -2.05. The highest BCUT2D eigenvalue weighted by molar-refractivity contribution is 7.86. The third-order valence-electron chi connectivity index (χ3n) is 2.18. The van der Waals surface area contributed by atoms with Crippen LogP contribution in [0.25, 0.3) is 0 Å². The van der Waals surface area contributed by atoms with Crippen LogP contribution in [0.5, 0.6) is 5.75 Å². The molecule has 0 saturated heterocycles. The van der Waals surface area contributed by atoms with Crippen molar-refractivity contribution in [3.8, 4) is 11.8 Å². The molecule has 0 unspecified atom stereocenters. The van der Waals surface area contributed by atoms with Crippen molar-refractivity contribution in [3.05, 3.63) is 40.9 Å². The predicted octanol–water partition coefficient (Wildman–Crippen LogP) is 1.61. The van der Waals surface area contributed by atoms with Crippen LogP contribution >= 0.6 is 11.3 Å².